The van der Waals surface area contributed by atoms with Crippen molar-refractivity contribution in [2.45, 2.75) is 150 Å². The Morgan fingerprint density at radius 3 is 0.972 bits per heavy atom. The molecule has 1 aromatic rings. The van der Waals surface area contributed by atoms with Gasteiger partial charge in [-0.25, -0.2) is 0 Å². The van der Waals surface area contributed by atoms with Crippen LogP contribution in [0.5, 0.6) is 0 Å². The van der Waals surface area contributed by atoms with Gasteiger partial charge in [-0.3, -0.25) is 0 Å². The Labute approximate surface area is 257 Å². The van der Waals surface area contributed by atoms with E-state index < -0.39 is 0 Å². The molecule has 0 fully saturated rings. The summed E-state index contributed by atoms with van der Waals surface area (Å²) in [5, 5.41) is 0. The Hall–Kier alpha value is 0.951. The second-order valence-corrected chi connectivity index (χ2v) is 36.5. The van der Waals surface area contributed by atoms with Crippen molar-refractivity contribution in [1.29, 1.82) is 0 Å². The first kappa shape index (κ1) is 41.4. The first-order valence-electron chi connectivity index (χ1n) is 13.2. The van der Waals surface area contributed by atoms with E-state index >= 15 is 0 Å². The molecule has 0 aliphatic heterocycles. The SMILES string of the molecule is C[C](C)(C)[Ge].C[C](C)(C)[Ge][C]#Cc1ccccc1.C[C](C)(C)[Ge][C](C)(C)C.C[C](C)(C)[Ge][C](C)(C)C. The van der Waals surface area contributed by atoms with E-state index in [1.54, 1.807) is 0 Å². The molecule has 0 atom stereocenters. The molecule has 4 heteroatoms. The second-order valence-electron chi connectivity index (χ2n) is 15.5. The van der Waals surface area contributed by atoms with E-state index in [0.29, 0.717) is 25.5 Å². The van der Waals surface area contributed by atoms with Crippen molar-refractivity contribution in [3.8, 4) is 10.7 Å². The zero-order valence-electron chi connectivity index (χ0n) is 27.4. The van der Waals surface area contributed by atoms with Crippen LogP contribution in [0.3, 0.4) is 0 Å². The van der Waals surface area contributed by atoms with E-state index in [9.17, 15) is 0 Å². The Morgan fingerprint density at radius 2 is 0.778 bits per heavy atom. The van der Waals surface area contributed by atoms with Crippen LogP contribution < -0.4 is 0 Å². The summed E-state index contributed by atoms with van der Waals surface area (Å²) in [6.45, 7) is 41.5. The van der Waals surface area contributed by atoms with Gasteiger partial charge in [0.2, 0.25) is 0 Å². The van der Waals surface area contributed by atoms with Gasteiger partial charge in [0.05, 0.1) is 0 Å². The zero-order chi connectivity index (χ0) is 29.6. The summed E-state index contributed by atoms with van der Waals surface area (Å²) in [6, 6.07) is 10.2. The molecule has 0 bridgehead atoms. The number of benzene rings is 1. The van der Waals surface area contributed by atoms with E-state index in [0.717, 1.165) is 5.56 Å². The van der Waals surface area contributed by atoms with Crippen LogP contribution in [0.1, 0.15) is 130 Å². The normalized spacial score (nSPS) is 12.4. The summed E-state index contributed by atoms with van der Waals surface area (Å²) >= 11 is 2.47. The molecule has 0 unspecified atom stereocenters. The fraction of sp³-hybridized carbons (Fsp3) is 0.750. The molecule has 0 spiro atoms. The molecule has 0 nitrogen and oxygen atoms in total. The van der Waals surface area contributed by atoms with Crippen molar-refractivity contribution in [1.82, 2.24) is 0 Å². The van der Waals surface area contributed by atoms with Crippen LogP contribution in [0.25, 0.3) is 0 Å². The van der Waals surface area contributed by atoms with Crippen molar-refractivity contribution >= 4 is 62.8 Å². The molecule has 1 rings (SSSR count). The minimum atomic E-state index is -0.135. The number of hydrogen-bond acceptors (Lipinski definition) is 0. The van der Waals surface area contributed by atoms with Crippen molar-refractivity contribution in [2.24, 2.45) is 0 Å². The monoisotopic (exact) mass is 739 g/mol. The Bertz CT molecular complexity index is 671. The van der Waals surface area contributed by atoms with Gasteiger partial charge >= 0.3 is 259 Å². The van der Waals surface area contributed by atoms with Crippen molar-refractivity contribution in [3.63, 3.8) is 0 Å². The molecule has 0 aliphatic rings. The Kier molecular flexibility index (Phi) is 20.3. The first-order chi connectivity index (χ1) is 15.5. The molecule has 0 aliphatic carbocycles. The van der Waals surface area contributed by atoms with Crippen molar-refractivity contribution in [2.75, 3.05) is 0 Å². The summed E-state index contributed by atoms with van der Waals surface area (Å²) in [5.74, 6) is 3.21. The van der Waals surface area contributed by atoms with Gasteiger partial charge in [-0.15, -0.1) is 0 Å². The third-order valence-electron chi connectivity index (χ3n) is 2.92. The van der Waals surface area contributed by atoms with Gasteiger partial charge in [-0.1, -0.05) is 0 Å². The summed E-state index contributed by atoms with van der Waals surface area (Å²) in [4.78, 5) is 0. The predicted molar refractivity (Wildman–Crippen MR) is 175 cm³/mol. The molecule has 0 aromatic heterocycles. The molecule has 1 aromatic carbocycles. The average Bonchev–Trinajstić information content (AvgIpc) is 2.47. The van der Waals surface area contributed by atoms with E-state index in [4.69, 9.17) is 0 Å². The Balaban J connectivity index is -0.000000425. The molecular weight excluding hydrogens is 675 g/mol. The van der Waals surface area contributed by atoms with Gasteiger partial charge in [-0.2, -0.15) is 0 Å². The fourth-order valence-corrected chi connectivity index (χ4v) is 13.7. The van der Waals surface area contributed by atoms with Crippen LogP contribution in [0.15, 0.2) is 30.3 Å². The molecule has 0 saturated heterocycles. The van der Waals surface area contributed by atoms with Gasteiger partial charge in [0.1, 0.15) is 0 Å². The summed E-state index contributed by atoms with van der Waals surface area (Å²) in [6.07, 6.45) is 0. The van der Waals surface area contributed by atoms with Crippen LogP contribution in [-0.4, -0.2) is 62.8 Å². The molecule has 0 N–H and O–H groups in total. The predicted octanol–water partition coefficient (Wildman–Crippen LogP) is 10.5. The quantitative estimate of drug-likeness (QED) is 0.184. The van der Waals surface area contributed by atoms with E-state index in [2.05, 4.69) is 164 Å². The molecular formula is C32H59Ge4. The van der Waals surface area contributed by atoms with Crippen molar-refractivity contribution < 1.29 is 0 Å². The summed E-state index contributed by atoms with van der Waals surface area (Å²) in [7, 11) is 0. The Morgan fingerprint density at radius 1 is 0.500 bits per heavy atom. The molecule has 203 valence electrons. The van der Waals surface area contributed by atoms with Gasteiger partial charge in [0, 0.05) is 0 Å². The minimum absolute atomic E-state index is 0.135. The van der Waals surface area contributed by atoms with Gasteiger partial charge in [0.15, 0.2) is 0 Å². The maximum absolute atomic E-state index is 3.32. The van der Waals surface area contributed by atoms with Crippen LogP contribution in [0.2, 0.25) is 25.5 Å². The second kappa shape index (κ2) is 17.6. The molecule has 0 amide bonds. The standard InChI is InChI=1S/C12H14Ge.2C8H18Ge.C4H9Ge/c1-12(2,3)13-10-9-11-7-5-4-6-8-11;2*1-7(2,3)9-8(4,5)6;1-4(2,3)5/h4-8H,1-3H3;2*1-6H3;1-3H3. The van der Waals surface area contributed by atoms with E-state index in [1.165, 1.54) is 0 Å². The third kappa shape index (κ3) is 51.6. The zero-order valence-corrected chi connectivity index (χ0v) is 35.8. The number of rotatable bonds is 0. The molecule has 0 saturated carbocycles. The van der Waals surface area contributed by atoms with Crippen LogP contribution in [0, 0.1) is 10.7 Å². The number of hydrogen-bond donors (Lipinski definition) is 0. The molecule has 9 radical (unpaired) electrons. The van der Waals surface area contributed by atoms with E-state index in [-0.39, 0.29) is 46.3 Å². The maximum atomic E-state index is 3.32. The summed E-state index contributed by atoms with van der Waals surface area (Å²) in [5.41, 5.74) is 1.13. The summed E-state index contributed by atoms with van der Waals surface area (Å²) < 4.78 is 6.69. The fourth-order valence-electron chi connectivity index (χ4n) is 3.06. The van der Waals surface area contributed by atoms with E-state index in [1.807, 2.05) is 18.2 Å². The first-order valence-corrected chi connectivity index (χ1v) is 20.5. The van der Waals surface area contributed by atoms with Gasteiger partial charge in [0.25, 0.3) is 0 Å². The molecule has 36 heavy (non-hydrogen) atoms. The van der Waals surface area contributed by atoms with Crippen LogP contribution >= 0.6 is 0 Å². The topological polar surface area (TPSA) is 0 Å². The van der Waals surface area contributed by atoms with Gasteiger partial charge in [-0.05, 0) is 0 Å². The molecule has 0 heterocycles. The third-order valence-corrected chi connectivity index (χ3v) is 11.3. The van der Waals surface area contributed by atoms with Crippen LogP contribution in [-0.2, 0) is 0 Å². The average molecular weight is 734 g/mol. The van der Waals surface area contributed by atoms with Crippen molar-refractivity contribution in [3.05, 3.63) is 35.9 Å². The van der Waals surface area contributed by atoms with Crippen LogP contribution in [0.4, 0.5) is 0 Å². The van der Waals surface area contributed by atoms with Gasteiger partial charge < -0.3 is 0 Å².